The highest BCUT2D eigenvalue weighted by molar-refractivity contribution is 5.87. The molecule has 1 N–H and O–H groups in total. The maximum atomic E-state index is 13.9. The van der Waals surface area contributed by atoms with E-state index in [0.29, 0.717) is 13.1 Å². The Labute approximate surface area is 111 Å². The van der Waals surface area contributed by atoms with Gasteiger partial charge in [0, 0.05) is 26.6 Å². The smallest absolute Gasteiger partial charge is 0.302 e. The molecule has 0 bridgehead atoms. The number of halogens is 2. The molecular weight excluding hydrogens is 263 g/mol. The van der Waals surface area contributed by atoms with E-state index in [1.807, 2.05) is 0 Å². The van der Waals surface area contributed by atoms with Gasteiger partial charge in [0.25, 0.3) is 5.91 Å². The van der Waals surface area contributed by atoms with Crippen molar-refractivity contribution in [2.75, 3.05) is 26.2 Å². The molecule has 5 nitrogen and oxygen atoms in total. The number of carbonyl (C=O) groups excluding carboxylic acids is 2. The standard InChI is InChI=1S/C11H17FN2O3.ClH/c1-8(15)17-9-3-2-4-14(5-9)10(16)11(12)6-13-7-11;/h9,13H,2-7H2,1H3;1H. The van der Waals surface area contributed by atoms with Crippen LogP contribution in [0.4, 0.5) is 4.39 Å². The van der Waals surface area contributed by atoms with Crippen LogP contribution in [0.25, 0.3) is 0 Å². The fraction of sp³-hybridized carbons (Fsp3) is 0.818. The average Bonchev–Trinajstić information content (AvgIpc) is 2.24. The van der Waals surface area contributed by atoms with Crippen molar-refractivity contribution in [1.29, 1.82) is 0 Å². The molecular formula is C11H18ClFN2O3. The van der Waals surface area contributed by atoms with Gasteiger partial charge in [-0.3, -0.25) is 9.59 Å². The normalized spacial score (nSPS) is 25.7. The van der Waals surface area contributed by atoms with Crippen molar-refractivity contribution in [2.45, 2.75) is 31.5 Å². The van der Waals surface area contributed by atoms with Gasteiger partial charge in [0.1, 0.15) is 6.10 Å². The number of amides is 1. The van der Waals surface area contributed by atoms with Gasteiger partial charge in [-0.15, -0.1) is 12.4 Å². The van der Waals surface area contributed by atoms with Gasteiger partial charge >= 0.3 is 5.97 Å². The lowest BCUT2D eigenvalue weighted by Crippen LogP contribution is -2.66. The number of rotatable bonds is 2. The molecule has 0 aliphatic carbocycles. The largest absolute Gasteiger partial charge is 0.461 e. The Hall–Kier alpha value is -0.880. The molecule has 104 valence electrons. The summed E-state index contributed by atoms with van der Waals surface area (Å²) < 4.78 is 19.0. The molecule has 18 heavy (non-hydrogen) atoms. The van der Waals surface area contributed by atoms with E-state index in [1.165, 1.54) is 11.8 Å². The van der Waals surface area contributed by atoms with E-state index in [2.05, 4.69) is 5.32 Å². The van der Waals surface area contributed by atoms with Crippen LogP contribution in [0.2, 0.25) is 0 Å². The first-order chi connectivity index (χ1) is 8.01. The van der Waals surface area contributed by atoms with E-state index in [4.69, 9.17) is 4.74 Å². The van der Waals surface area contributed by atoms with Gasteiger partial charge in [-0.05, 0) is 12.8 Å². The molecule has 0 saturated carbocycles. The molecule has 0 spiro atoms. The van der Waals surface area contributed by atoms with Crippen LogP contribution >= 0.6 is 12.4 Å². The monoisotopic (exact) mass is 280 g/mol. The van der Waals surface area contributed by atoms with Crippen LogP contribution in [-0.4, -0.2) is 54.7 Å². The highest BCUT2D eigenvalue weighted by Crippen LogP contribution is 2.23. The first-order valence-corrected chi connectivity index (χ1v) is 5.87. The number of alkyl halides is 1. The molecule has 1 amide bonds. The van der Waals surface area contributed by atoms with Crippen LogP contribution in [0.5, 0.6) is 0 Å². The van der Waals surface area contributed by atoms with E-state index in [0.717, 1.165) is 12.8 Å². The molecule has 2 fully saturated rings. The summed E-state index contributed by atoms with van der Waals surface area (Å²) in [5, 5.41) is 2.76. The number of likely N-dealkylation sites (tertiary alicyclic amines) is 1. The predicted molar refractivity (Wildman–Crippen MR) is 65.3 cm³/mol. The Balaban J connectivity index is 0.00000162. The van der Waals surface area contributed by atoms with E-state index < -0.39 is 11.6 Å². The minimum atomic E-state index is -1.75. The van der Waals surface area contributed by atoms with Gasteiger partial charge in [-0.2, -0.15) is 0 Å². The first-order valence-electron chi connectivity index (χ1n) is 5.87. The Kier molecular flexibility index (Phi) is 4.92. The lowest BCUT2D eigenvalue weighted by atomic mass is 9.96. The van der Waals surface area contributed by atoms with E-state index in [-0.39, 0.29) is 37.6 Å². The van der Waals surface area contributed by atoms with Crippen LogP contribution in [-0.2, 0) is 14.3 Å². The maximum absolute atomic E-state index is 13.9. The second-order valence-electron chi connectivity index (χ2n) is 4.69. The third-order valence-electron chi connectivity index (χ3n) is 3.19. The van der Waals surface area contributed by atoms with E-state index in [1.54, 1.807) is 0 Å². The highest BCUT2D eigenvalue weighted by Gasteiger charge is 2.47. The molecule has 0 aromatic rings. The maximum Gasteiger partial charge on any atom is 0.302 e. The molecule has 2 rings (SSSR count). The minimum absolute atomic E-state index is 0. The van der Waals surface area contributed by atoms with Crippen molar-refractivity contribution >= 4 is 24.3 Å². The molecule has 0 radical (unpaired) electrons. The summed E-state index contributed by atoms with van der Waals surface area (Å²) >= 11 is 0. The fourth-order valence-electron chi connectivity index (χ4n) is 2.23. The van der Waals surface area contributed by atoms with Crippen molar-refractivity contribution in [3.05, 3.63) is 0 Å². The van der Waals surface area contributed by atoms with Gasteiger partial charge in [0.15, 0.2) is 0 Å². The Bertz CT molecular complexity index is 336. The Morgan fingerprint density at radius 2 is 2.11 bits per heavy atom. The number of carbonyl (C=O) groups is 2. The molecule has 0 aromatic carbocycles. The molecule has 2 heterocycles. The quantitative estimate of drug-likeness (QED) is 0.738. The van der Waals surface area contributed by atoms with Gasteiger partial charge in [0.2, 0.25) is 5.67 Å². The Morgan fingerprint density at radius 1 is 1.44 bits per heavy atom. The van der Waals surface area contributed by atoms with Crippen LogP contribution < -0.4 is 5.32 Å². The zero-order valence-electron chi connectivity index (χ0n) is 10.3. The zero-order chi connectivity index (χ0) is 12.5. The average molecular weight is 281 g/mol. The number of nitrogens with one attached hydrogen (secondary N) is 1. The number of nitrogens with zero attached hydrogens (tertiary/aromatic N) is 1. The van der Waals surface area contributed by atoms with Crippen molar-refractivity contribution in [1.82, 2.24) is 10.2 Å². The van der Waals surface area contributed by atoms with E-state index in [9.17, 15) is 14.0 Å². The number of hydrogen-bond donors (Lipinski definition) is 1. The summed E-state index contributed by atoms with van der Waals surface area (Å²) in [6.45, 7) is 2.36. The highest BCUT2D eigenvalue weighted by atomic mass is 35.5. The molecule has 1 unspecified atom stereocenters. The predicted octanol–water partition coefficient (Wildman–Crippen LogP) is 0.274. The van der Waals surface area contributed by atoms with Crippen molar-refractivity contribution < 1.29 is 18.7 Å². The number of hydrogen-bond acceptors (Lipinski definition) is 4. The van der Waals surface area contributed by atoms with E-state index >= 15 is 0 Å². The third kappa shape index (κ3) is 3.11. The van der Waals surface area contributed by atoms with Crippen LogP contribution in [0.15, 0.2) is 0 Å². The van der Waals surface area contributed by atoms with Crippen molar-refractivity contribution in [3.8, 4) is 0 Å². The summed E-state index contributed by atoms with van der Waals surface area (Å²) in [6.07, 6.45) is 1.19. The third-order valence-corrected chi connectivity index (χ3v) is 3.19. The summed E-state index contributed by atoms with van der Waals surface area (Å²) in [4.78, 5) is 24.2. The number of esters is 1. The van der Waals surface area contributed by atoms with Crippen LogP contribution in [0, 0.1) is 0 Å². The molecule has 2 aliphatic rings. The summed E-state index contributed by atoms with van der Waals surface area (Å²) in [5.74, 6) is -0.835. The molecule has 7 heteroatoms. The van der Waals surface area contributed by atoms with Crippen LogP contribution in [0.3, 0.4) is 0 Å². The topological polar surface area (TPSA) is 58.6 Å². The Morgan fingerprint density at radius 3 is 2.61 bits per heavy atom. The second-order valence-corrected chi connectivity index (χ2v) is 4.69. The van der Waals surface area contributed by atoms with Gasteiger partial charge in [0.05, 0.1) is 6.54 Å². The lowest BCUT2D eigenvalue weighted by molar-refractivity contribution is -0.158. The summed E-state index contributed by atoms with van der Waals surface area (Å²) in [5.41, 5.74) is -1.75. The van der Waals surface area contributed by atoms with Crippen molar-refractivity contribution in [3.63, 3.8) is 0 Å². The minimum Gasteiger partial charge on any atom is -0.461 e. The molecule has 1 atom stereocenters. The van der Waals surface area contributed by atoms with Gasteiger partial charge < -0.3 is 15.0 Å². The molecule has 2 aliphatic heterocycles. The fourth-order valence-corrected chi connectivity index (χ4v) is 2.23. The van der Waals surface area contributed by atoms with Gasteiger partial charge in [-0.25, -0.2) is 4.39 Å². The number of piperidine rings is 1. The lowest BCUT2D eigenvalue weighted by Gasteiger charge is -2.40. The SMILES string of the molecule is CC(=O)OC1CCCN(C(=O)C2(F)CNC2)C1.Cl. The number of ether oxygens (including phenoxy) is 1. The second kappa shape index (κ2) is 5.84. The molecule has 0 aromatic heterocycles. The first kappa shape index (κ1) is 15.2. The zero-order valence-corrected chi connectivity index (χ0v) is 11.1. The summed E-state index contributed by atoms with van der Waals surface area (Å²) in [7, 11) is 0. The van der Waals surface area contributed by atoms with Crippen LogP contribution in [0.1, 0.15) is 19.8 Å². The summed E-state index contributed by atoms with van der Waals surface area (Å²) in [6, 6.07) is 0. The molecule has 2 saturated heterocycles. The van der Waals surface area contributed by atoms with Gasteiger partial charge in [-0.1, -0.05) is 0 Å². The van der Waals surface area contributed by atoms with Crippen molar-refractivity contribution in [2.24, 2.45) is 0 Å².